The maximum Gasteiger partial charge on any atom is 0.416 e. The van der Waals surface area contributed by atoms with Crippen LogP contribution in [0.2, 0.25) is 0 Å². The van der Waals surface area contributed by atoms with Crippen molar-refractivity contribution in [1.29, 1.82) is 0 Å². The topological polar surface area (TPSA) is 66.6 Å². The molecule has 0 spiro atoms. The first-order chi connectivity index (χ1) is 13.7. The van der Waals surface area contributed by atoms with E-state index in [0.29, 0.717) is 0 Å². The molecular formula is C21H18F3N3O2. The number of nitrogens with one attached hydrogen (secondary N) is 1. The van der Waals surface area contributed by atoms with Crippen LogP contribution >= 0.6 is 0 Å². The van der Waals surface area contributed by atoms with Crippen molar-refractivity contribution in [3.05, 3.63) is 82.7 Å². The zero-order chi connectivity index (χ0) is 21.2. The summed E-state index contributed by atoms with van der Waals surface area (Å²) in [7, 11) is 0. The van der Waals surface area contributed by atoms with Crippen molar-refractivity contribution in [2.75, 3.05) is 0 Å². The van der Waals surface area contributed by atoms with Gasteiger partial charge in [-0.2, -0.15) is 18.3 Å². The fourth-order valence-electron chi connectivity index (χ4n) is 2.98. The molecule has 29 heavy (non-hydrogen) atoms. The molecule has 0 saturated carbocycles. The Bertz CT molecular complexity index is 1070. The third kappa shape index (κ3) is 4.48. The molecule has 5 nitrogen and oxygen atoms in total. The van der Waals surface area contributed by atoms with Crippen LogP contribution in [0, 0.1) is 13.8 Å². The van der Waals surface area contributed by atoms with Gasteiger partial charge in [-0.15, -0.1) is 0 Å². The summed E-state index contributed by atoms with van der Waals surface area (Å²) >= 11 is 0. The molecule has 0 radical (unpaired) electrons. The molecule has 1 amide bonds. The summed E-state index contributed by atoms with van der Waals surface area (Å²) in [5.41, 5.74) is 4.58. The summed E-state index contributed by atoms with van der Waals surface area (Å²) in [6, 6.07) is 12.7. The van der Waals surface area contributed by atoms with Crippen molar-refractivity contribution >= 4 is 12.1 Å². The highest BCUT2D eigenvalue weighted by Crippen LogP contribution is 2.29. The minimum atomic E-state index is -4.52. The summed E-state index contributed by atoms with van der Waals surface area (Å²) in [5.74, 6) is -0.574. The van der Waals surface area contributed by atoms with Crippen molar-refractivity contribution in [3.8, 4) is 11.4 Å². The average molecular weight is 401 g/mol. The SMILES string of the molecule is Cc1cc(C=NNC(=O)c2cccc(C(F)(F)F)c2)c(C)n1-c1ccc(O)cc1. The van der Waals surface area contributed by atoms with Gasteiger partial charge in [0.2, 0.25) is 0 Å². The molecule has 8 heteroatoms. The smallest absolute Gasteiger partial charge is 0.416 e. The monoisotopic (exact) mass is 401 g/mol. The number of amides is 1. The summed E-state index contributed by atoms with van der Waals surface area (Å²) < 4.78 is 40.3. The lowest BCUT2D eigenvalue weighted by atomic mass is 10.1. The second kappa shape index (κ2) is 7.83. The molecule has 0 saturated heterocycles. The molecule has 150 valence electrons. The van der Waals surface area contributed by atoms with Gasteiger partial charge in [-0.3, -0.25) is 4.79 Å². The Morgan fingerprint density at radius 1 is 1.10 bits per heavy atom. The zero-order valence-electron chi connectivity index (χ0n) is 15.7. The van der Waals surface area contributed by atoms with Gasteiger partial charge >= 0.3 is 6.18 Å². The number of hydrazone groups is 1. The van der Waals surface area contributed by atoms with Gasteiger partial charge in [0.1, 0.15) is 5.75 Å². The van der Waals surface area contributed by atoms with E-state index in [9.17, 15) is 23.1 Å². The van der Waals surface area contributed by atoms with Gasteiger partial charge in [-0.05, 0) is 62.4 Å². The number of phenols is 1. The van der Waals surface area contributed by atoms with Crippen LogP contribution < -0.4 is 5.43 Å². The normalized spacial score (nSPS) is 11.8. The van der Waals surface area contributed by atoms with Gasteiger partial charge in [0, 0.05) is 28.2 Å². The lowest BCUT2D eigenvalue weighted by Gasteiger charge is -2.09. The van der Waals surface area contributed by atoms with E-state index in [1.54, 1.807) is 24.3 Å². The van der Waals surface area contributed by atoms with Gasteiger partial charge in [-0.1, -0.05) is 6.07 Å². The molecule has 1 heterocycles. The van der Waals surface area contributed by atoms with Crippen LogP contribution in [0.1, 0.15) is 32.9 Å². The van der Waals surface area contributed by atoms with Crippen LogP contribution in [-0.2, 0) is 6.18 Å². The predicted molar refractivity (Wildman–Crippen MR) is 103 cm³/mol. The molecule has 1 aromatic heterocycles. The summed E-state index contributed by atoms with van der Waals surface area (Å²) in [6.45, 7) is 3.77. The number of phenolic OH excluding ortho intramolecular Hbond substituents is 1. The van der Waals surface area contributed by atoms with Crippen molar-refractivity contribution in [2.24, 2.45) is 5.10 Å². The fraction of sp³-hybridized carbons (Fsp3) is 0.143. The minimum absolute atomic E-state index is 0.133. The summed E-state index contributed by atoms with van der Waals surface area (Å²) in [5, 5.41) is 13.3. The van der Waals surface area contributed by atoms with Gasteiger partial charge in [-0.25, -0.2) is 5.43 Å². The molecular weight excluding hydrogens is 383 g/mol. The maximum atomic E-state index is 12.8. The number of carbonyl (C=O) groups is 1. The number of rotatable bonds is 4. The molecule has 3 aromatic rings. The highest BCUT2D eigenvalue weighted by Gasteiger charge is 2.30. The second-order valence-corrected chi connectivity index (χ2v) is 6.46. The van der Waals surface area contributed by atoms with Gasteiger partial charge in [0.15, 0.2) is 0 Å². The maximum absolute atomic E-state index is 12.8. The molecule has 2 N–H and O–H groups in total. The van der Waals surface area contributed by atoms with Crippen LogP contribution in [0.25, 0.3) is 5.69 Å². The number of alkyl halides is 3. The van der Waals surface area contributed by atoms with Crippen LogP contribution in [0.15, 0.2) is 59.7 Å². The predicted octanol–water partition coefficient (Wildman–Crippen LogP) is 4.58. The van der Waals surface area contributed by atoms with Gasteiger partial charge in [0.05, 0.1) is 11.8 Å². The molecule has 0 aliphatic carbocycles. The standard InChI is InChI=1S/C21H18F3N3O2/c1-13-10-16(14(2)27(13)18-6-8-19(28)9-7-18)12-25-26-20(29)15-4-3-5-17(11-15)21(22,23)24/h3-12,28H,1-2H3,(H,26,29). The third-order valence-electron chi connectivity index (χ3n) is 4.40. The molecule has 0 atom stereocenters. The molecule has 0 fully saturated rings. The summed E-state index contributed by atoms with van der Waals surface area (Å²) in [4.78, 5) is 12.1. The number of benzene rings is 2. The first-order valence-corrected chi connectivity index (χ1v) is 8.66. The number of hydrogen-bond acceptors (Lipinski definition) is 3. The Kier molecular flexibility index (Phi) is 5.45. The number of halogens is 3. The number of hydrogen-bond donors (Lipinski definition) is 2. The van der Waals surface area contributed by atoms with Crippen LogP contribution in [0.3, 0.4) is 0 Å². The molecule has 2 aromatic carbocycles. The minimum Gasteiger partial charge on any atom is -0.508 e. The van der Waals surface area contributed by atoms with Crippen LogP contribution in [0.5, 0.6) is 5.75 Å². The van der Waals surface area contributed by atoms with Crippen LogP contribution in [-0.4, -0.2) is 21.8 Å². The second-order valence-electron chi connectivity index (χ2n) is 6.46. The molecule has 0 bridgehead atoms. The third-order valence-corrected chi connectivity index (χ3v) is 4.40. The number of aryl methyl sites for hydroxylation is 1. The van der Waals surface area contributed by atoms with E-state index in [-0.39, 0.29) is 11.3 Å². The Labute approximate surface area is 165 Å². The molecule has 3 rings (SSSR count). The average Bonchev–Trinajstić information content (AvgIpc) is 2.95. The van der Waals surface area contributed by atoms with E-state index < -0.39 is 17.6 Å². The highest BCUT2D eigenvalue weighted by molar-refractivity contribution is 5.95. The van der Waals surface area contributed by atoms with E-state index in [4.69, 9.17) is 0 Å². The molecule has 0 unspecified atom stereocenters. The van der Waals surface area contributed by atoms with E-state index >= 15 is 0 Å². The van der Waals surface area contributed by atoms with E-state index in [2.05, 4.69) is 10.5 Å². The lowest BCUT2D eigenvalue weighted by Crippen LogP contribution is -2.18. The summed E-state index contributed by atoms with van der Waals surface area (Å²) in [6.07, 6.45) is -3.09. The lowest BCUT2D eigenvalue weighted by molar-refractivity contribution is -0.137. The Balaban J connectivity index is 1.77. The Morgan fingerprint density at radius 3 is 2.45 bits per heavy atom. The van der Waals surface area contributed by atoms with Gasteiger partial charge in [0.25, 0.3) is 5.91 Å². The first kappa shape index (κ1) is 20.2. The quantitative estimate of drug-likeness (QED) is 0.496. The van der Waals surface area contributed by atoms with E-state index in [0.717, 1.165) is 34.8 Å². The number of aromatic nitrogens is 1. The molecule has 0 aliphatic heterocycles. The van der Waals surface area contributed by atoms with Crippen molar-refractivity contribution < 1.29 is 23.1 Å². The largest absolute Gasteiger partial charge is 0.508 e. The molecule has 0 aliphatic rings. The van der Waals surface area contributed by atoms with E-state index in [1.165, 1.54) is 18.3 Å². The van der Waals surface area contributed by atoms with Crippen LogP contribution in [0.4, 0.5) is 13.2 Å². The zero-order valence-corrected chi connectivity index (χ0v) is 15.7. The van der Waals surface area contributed by atoms with Gasteiger partial charge < -0.3 is 9.67 Å². The highest BCUT2D eigenvalue weighted by atomic mass is 19.4. The fourth-order valence-corrected chi connectivity index (χ4v) is 2.98. The van der Waals surface area contributed by atoms with E-state index in [1.807, 2.05) is 24.5 Å². The number of nitrogens with zero attached hydrogens (tertiary/aromatic N) is 2. The first-order valence-electron chi connectivity index (χ1n) is 8.66. The Morgan fingerprint density at radius 2 is 1.79 bits per heavy atom. The van der Waals surface area contributed by atoms with Crippen molar-refractivity contribution in [1.82, 2.24) is 9.99 Å². The Hall–Kier alpha value is -3.55. The number of carbonyl (C=O) groups excluding carboxylic acids is 1. The van der Waals surface area contributed by atoms with Crippen molar-refractivity contribution in [2.45, 2.75) is 20.0 Å². The van der Waals surface area contributed by atoms with Crippen molar-refractivity contribution in [3.63, 3.8) is 0 Å². The number of aromatic hydroxyl groups is 1.